The Morgan fingerprint density at radius 1 is 1.41 bits per heavy atom. The van der Waals surface area contributed by atoms with Crippen LogP contribution in [-0.2, 0) is 16.0 Å². The molecule has 0 heterocycles. The van der Waals surface area contributed by atoms with Crippen LogP contribution in [0.5, 0.6) is 5.75 Å². The maximum absolute atomic E-state index is 11.5. The Morgan fingerprint density at radius 2 is 2.06 bits per heavy atom. The summed E-state index contributed by atoms with van der Waals surface area (Å²) in [6, 6.07) is 7.03. The van der Waals surface area contributed by atoms with E-state index < -0.39 is 11.9 Å². The summed E-state index contributed by atoms with van der Waals surface area (Å²) in [6.07, 6.45) is 0.0380. The van der Waals surface area contributed by atoms with Gasteiger partial charge in [-0.25, -0.2) is 4.79 Å². The molecule has 5 nitrogen and oxygen atoms in total. The minimum atomic E-state index is -1.25. The smallest absolute Gasteiger partial charge is 0.351 e. The number of carbonyl (C=O) groups is 2. The monoisotopic (exact) mass is 235 g/mol. The third-order valence-electron chi connectivity index (χ3n) is 2.09. The molecule has 90 valence electrons. The summed E-state index contributed by atoms with van der Waals surface area (Å²) in [7, 11) is 1.51. The molecule has 0 bridgehead atoms. The number of carbonyl (C=O) groups excluding carboxylic acids is 1. The highest BCUT2D eigenvalue weighted by Gasteiger charge is 2.11. The molecule has 0 saturated heterocycles. The summed E-state index contributed by atoms with van der Waals surface area (Å²) in [5.74, 6) is -1.11. The average Bonchev–Trinajstić information content (AvgIpc) is 2.29. The lowest BCUT2D eigenvalue weighted by Crippen LogP contribution is -2.27. The van der Waals surface area contributed by atoms with Crippen molar-refractivity contribution >= 4 is 11.9 Å². The number of para-hydroxylation sites is 1. The van der Waals surface area contributed by atoms with E-state index in [1.807, 2.05) is 0 Å². The normalized spacial score (nSPS) is 9.47. The molecule has 0 fully saturated rings. The molecule has 2 N–H and O–H groups in total. The Hall–Kier alpha value is -2.30. The molecule has 1 rings (SSSR count). The molecule has 0 atom stereocenters. The summed E-state index contributed by atoms with van der Waals surface area (Å²) in [5.41, 5.74) is 0.343. The van der Waals surface area contributed by atoms with Crippen molar-refractivity contribution in [1.82, 2.24) is 5.32 Å². The maximum Gasteiger partial charge on any atom is 0.351 e. The van der Waals surface area contributed by atoms with Crippen molar-refractivity contribution in [1.29, 1.82) is 0 Å². The summed E-state index contributed by atoms with van der Waals surface area (Å²) in [4.78, 5) is 22.0. The van der Waals surface area contributed by atoms with E-state index in [2.05, 4.69) is 11.9 Å². The minimum absolute atomic E-state index is 0.0380. The van der Waals surface area contributed by atoms with E-state index in [9.17, 15) is 9.59 Å². The van der Waals surface area contributed by atoms with Gasteiger partial charge in [0.2, 0.25) is 5.91 Å². The number of ether oxygens (including phenoxy) is 1. The van der Waals surface area contributed by atoms with Crippen LogP contribution < -0.4 is 10.1 Å². The van der Waals surface area contributed by atoms with Gasteiger partial charge >= 0.3 is 5.97 Å². The van der Waals surface area contributed by atoms with Crippen LogP contribution in [0.1, 0.15) is 5.56 Å². The Labute approximate surface area is 98.7 Å². The third kappa shape index (κ3) is 3.64. The predicted octanol–water partition coefficient (Wildman–Crippen LogP) is 0.952. The van der Waals surface area contributed by atoms with E-state index in [1.165, 1.54) is 7.11 Å². The van der Waals surface area contributed by atoms with Crippen molar-refractivity contribution in [2.45, 2.75) is 6.42 Å². The van der Waals surface area contributed by atoms with Crippen LogP contribution in [0.4, 0.5) is 0 Å². The fourth-order valence-electron chi connectivity index (χ4n) is 1.29. The molecule has 0 aliphatic heterocycles. The van der Waals surface area contributed by atoms with E-state index in [-0.39, 0.29) is 12.1 Å². The summed E-state index contributed by atoms with van der Waals surface area (Å²) in [5, 5.41) is 10.7. The summed E-state index contributed by atoms with van der Waals surface area (Å²) < 4.78 is 5.08. The molecule has 1 amide bonds. The molecule has 0 aliphatic carbocycles. The van der Waals surface area contributed by atoms with Crippen LogP contribution >= 0.6 is 0 Å². The average molecular weight is 235 g/mol. The second kappa shape index (κ2) is 5.69. The van der Waals surface area contributed by atoms with Gasteiger partial charge in [-0.2, -0.15) is 0 Å². The molecule has 1 aromatic rings. The van der Waals surface area contributed by atoms with Gasteiger partial charge in [0, 0.05) is 5.56 Å². The Kier molecular flexibility index (Phi) is 4.28. The number of amides is 1. The highest BCUT2D eigenvalue weighted by atomic mass is 16.5. The third-order valence-corrected chi connectivity index (χ3v) is 2.09. The van der Waals surface area contributed by atoms with E-state index in [1.54, 1.807) is 24.3 Å². The Morgan fingerprint density at radius 3 is 2.65 bits per heavy atom. The fraction of sp³-hybridized carbons (Fsp3) is 0.167. The van der Waals surface area contributed by atoms with Gasteiger partial charge in [0.15, 0.2) is 0 Å². The maximum atomic E-state index is 11.5. The molecule has 0 saturated carbocycles. The van der Waals surface area contributed by atoms with E-state index >= 15 is 0 Å². The fourth-order valence-corrected chi connectivity index (χ4v) is 1.29. The zero-order valence-corrected chi connectivity index (χ0v) is 9.40. The zero-order chi connectivity index (χ0) is 12.8. The quantitative estimate of drug-likeness (QED) is 0.745. The second-order valence-electron chi connectivity index (χ2n) is 3.32. The lowest BCUT2D eigenvalue weighted by atomic mass is 10.1. The van der Waals surface area contributed by atoms with Crippen LogP contribution in [-0.4, -0.2) is 24.1 Å². The number of methoxy groups -OCH3 is 1. The number of hydrogen-bond donors (Lipinski definition) is 2. The number of carboxylic acid groups (broad SMARTS) is 1. The van der Waals surface area contributed by atoms with Gasteiger partial charge in [0.1, 0.15) is 11.4 Å². The standard InChI is InChI=1S/C12H13NO4/c1-8(12(15)16)13-11(14)7-9-5-3-4-6-10(9)17-2/h3-6H,1,7H2,2H3,(H,13,14)(H,15,16). The molecule has 0 aromatic heterocycles. The van der Waals surface area contributed by atoms with Gasteiger partial charge < -0.3 is 15.2 Å². The zero-order valence-electron chi connectivity index (χ0n) is 9.40. The SMILES string of the molecule is C=C(NC(=O)Cc1ccccc1OC)C(=O)O. The summed E-state index contributed by atoms with van der Waals surface area (Å²) in [6.45, 7) is 3.22. The number of hydrogen-bond acceptors (Lipinski definition) is 3. The first kappa shape index (κ1) is 12.8. The first-order valence-electron chi connectivity index (χ1n) is 4.88. The molecule has 5 heteroatoms. The van der Waals surface area contributed by atoms with Crippen LogP contribution in [0.2, 0.25) is 0 Å². The van der Waals surface area contributed by atoms with Gasteiger partial charge in [-0.05, 0) is 6.07 Å². The number of carboxylic acids is 1. The molecular formula is C12H13NO4. The molecule has 1 aromatic carbocycles. The lowest BCUT2D eigenvalue weighted by Gasteiger charge is -2.08. The van der Waals surface area contributed by atoms with Gasteiger partial charge in [-0.15, -0.1) is 0 Å². The van der Waals surface area contributed by atoms with Crippen LogP contribution in [0.25, 0.3) is 0 Å². The van der Waals surface area contributed by atoms with Crippen LogP contribution in [0.3, 0.4) is 0 Å². The van der Waals surface area contributed by atoms with Gasteiger partial charge in [0.05, 0.1) is 13.5 Å². The first-order valence-corrected chi connectivity index (χ1v) is 4.88. The van der Waals surface area contributed by atoms with E-state index in [4.69, 9.17) is 9.84 Å². The van der Waals surface area contributed by atoms with Crippen molar-refractivity contribution in [3.05, 3.63) is 42.1 Å². The number of rotatable bonds is 5. The minimum Gasteiger partial charge on any atom is -0.496 e. The molecule has 0 radical (unpaired) electrons. The predicted molar refractivity (Wildman–Crippen MR) is 61.6 cm³/mol. The second-order valence-corrected chi connectivity index (χ2v) is 3.32. The van der Waals surface area contributed by atoms with Gasteiger partial charge in [-0.3, -0.25) is 4.79 Å². The highest BCUT2D eigenvalue weighted by Crippen LogP contribution is 2.17. The summed E-state index contributed by atoms with van der Waals surface area (Å²) >= 11 is 0. The Balaban J connectivity index is 2.68. The lowest BCUT2D eigenvalue weighted by molar-refractivity contribution is -0.134. The van der Waals surface area contributed by atoms with Crippen LogP contribution in [0.15, 0.2) is 36.5 Å². The van der Waals surface area contributed by atoms with Crippen molar-refractivity contribution in [3.63, 3.8) is 0 Å². The topological polar surface area (TPSA) is 75.6 Å². The number of benzene rings is 1. The molecular weight excluding hydrogens is 222 g/mol. The van der Waals surface area contributed by atoms with Crippen molar-refractivity contribution in [2.75, 3.05) is 7.11 Å². The van der Waals surface area contributed by atoms with Crippen molar-refractivity contribution in [3.8, 4) is 5.75 Å². The molecule has 0 unspecified atom stereocenters. The number of nitrogens with one attached hydrogen (secondary N) is 1. The van der Waals surface area contributed by atoms with E-state index in [0.29, 0.717) is 11.3 Å². The van der Waals surface area contributed by atoms with E-state index in [0.717, 1.165) is 0 Å². The van der Waals surface area contributed by atoms with Crippen molar-refractivity contribution in [2.24, 2.45) is 0 Å². The van der Waals surface area contributed by atoms with Crippen molar-refractivity contribution < 1.29 is 19.4 Å². The van der Waals surface area contributed by atoms with Gasteiger partial charge in [0.25, 0.3) is 0 Å². The molecule has 17 heavy (non-hydrogen) atoms. The Bertz CT molecular complexity index is 454. The van der Waals surface area contributed by atoms with Gasteiger partial charge in [-0.1, -0.05) is 24.8 Å². The number of aliphatic carboxylic acids is 1. The highest BCUT2D eigenvalue weighted by molar-refractivity contribution is 5.92. The molecule has 0 spiro atoms. The van der Waals surface area contributed by atoms with Crippen LogP contribution in [0, 0.1) is 0 Å². The largest absolute Gasteiger partial charge is 0.496 e. The first-order chi connectivity index (χ1) is 8.04. The molecule has 0 aliphatic rings.